The van der Waals surface area contributed by atoms with E-state index in [1.54, 1.807) is 0 Å². The number of hydrogen-bond acceptors (Lipinski definition) is 3. The largest absolute Gasteiger partial charge is 0.457 e. The number of anilines is 1. The first-order chi connectivity index (χ1) is 13.3. The van der Waals surface area contributed by atoms with Crippen molar-refractivity contribution >= 4 is 5.69 Å². The van der Waals surface area contributed by atoms with Crippen LogP contribution in [0.1, 0.15) is 11.1 Å². The first-order valence-corrected chi connectivity index (χ1v) is 9.62. The highest BCUT2D eigenvalue weighted by Gasteiger charge is 2.17. The molecule has 0 spiro atoms. The lowest BCUT2D eigenvalue weighted by Crippen LogP contribution is -2.45. The molecule has 0 radical (unpaired) electrons. The monoisotopic (exact) mass is 358 g/mol. The van der Waals surface area contributed by atoms with Gasteiger partial charge in [0.05, 0.1) is 0 Å². The Morgan fingerprint density at radius 1 is 0.704 bits per heavy atom. The van der Waals surface area contributed by atoms with Gasteiger partial charge in [-0.1, -0.05) is 48.0 Å². The molecule has 0 saturated carbocycles. The molecule has 1 saturated heterocycles. The van der Waals surface area contributed by atoms with E-state index in [9.17, 15) is 0 Å². The van der Waals surface area contributed by atoms with Gasteiger partial charge in [-0.3, -0.25) is 4.90 Å². The van der Waals surface area contributed by atoms with E-state index in [4.69, 9.17) is 4.74 Å². The molecule has 3 aromatic rings. The minimum Gasteiger partial charge on any atom is -0.457 e. The van der Waals surface area contributed by atoms with Crippen molar-refractivity contribution in [3.63, 3.8) is 0 Å². The third-order valence-electron chi connectivity index (χ3n) is 5.08. The van der Waals surface area contributed by atoms with Crippen molar-refractivity contribution in [2.75, 3.05) is 31.1 Å². The van der Waals surface area contributed by atoms with E-state index >= 15 is 0 Å². The summed E-state index contributed by atoms with van der Waals surface area (Å²) >= 11 is 0. The molecule has 0 atom stereocenters. The maximum absolute atomic E-state index is 5.93. The van der Waals surface area contributed by atoms with Crippen molar-refractivity contribution < 1.29 is 4.74 Å². The number of hydrogen-bond donors (Lipinski definition) is 0. The predicted octanol–water partition coefficient (Wildman–Crippen LogP) is 5.11. The predicted molar refractivity (Wildman–Crippen MR) is 112 cm³/mol. The van der Waals surface area contributed by atoms with Crippen LogP contribution in [-0.4, -0.2) is 31.1 Å². The van der Waals surface area contributed by atoms with E-state index in [0.717, 1.165) is 44.2 Å². The third kappa shape index (κ3) is 4.69. The Balaban J connectivity index is 1.31. The molecule has 0 N–H and O–H groups in total. The molecule has 1 aliphatic rings. The summed E-state index contributed by atoms with van der Waals surface area (Å²) in [6.45, 7) is 7.43. The molecule has 3 aromatic carbocycles. The summed E-state index contributed by atoms with van der Waals surface area (Å²) in [4.78, 5) is 4.98. The second-order valence-corrected chi connectivity index (χ2v) is 7.16. The maximum Gasteiger partial charge on any atom is 0.127 e. The summed E-state index contributed by atoms with van der Waals surface area (Å²) in [5, 5.41) is 0. The summed E-state index contributed by atoms with van der Waals surface area (Å²) in [6, 6.07) is 27.3. The minimum absolute atomic E-state index is 0.878. The first-order valence-electron chi connectivity index (χ1n) is 9.62. The number of benzene rings is 3. The molecule has 1 aliphatic heterocycles. The van der Waals surface area contributed by atoms with Gasteiger partial charge in [0, 0.05) is 38.4 Å². The third-order valence-corrected chi connectivity index (χ3v) is 5.08. The Morgan fingerprint density at radius 3 is 1.93 bits per heavy atom. The van der Waals surface area contributed by atoms with Crippen LogP contribution in [0.3, 0.4) is 0 Å². The van der Waals surface area contributed by atoms with Crippen LogP contribution in [0.4, 0.5) is 5.69 Å². The van der Waals surface area contributed by atoms with Gasteiger partial charge in [0.15, 0.2) is 0 Å². The molecular formula is C24H26N2O. The van der Waals surface area contributed by atoms with Crippen molar-refractivity contribution in [1.29, 1.82) is 0 Å². The van der Waals surface area contributed by atoms with Crippen LogP contribution in [0.5, 0.6) is 11.5 Å². The molecule has 0 amide bonds. The molecule has 1 heterocycles. The molecular weight excluding hydrogens is 332 g/mol. The fourth-order valence-electron chi connectivity index (χ4n) is 3.47. The lowest BCUT2D eigenvalue weighted by Gasteiger charge is -2.36. The summed E-state index contributed by atoms with van der Waals surface area (Å²) in [5.74, 6) is 1.76. The number of rotatable bonds is 5. The standard InChI is InChI=1S/C24H26N2O/c1-20-7-11-23(12-8-20)27-24-13-9-22(10-14-24)26-17-15-25(16-18-26)19-21-5-3-2-4-6-21/h2-14H,15-19H2,1H3. The van der Waals surface area contributed by atoms with Gasteiger partial charge in [-0.25, -0.2) is 0 Å². The molecule has 27 heavy (non-hydrogen) atoms. The van der Waals surface area contributed by atoms with Crippen LogP contribution >= 0.6 is 0 Å². The average Bonchev–Trinajstić information content (AvgIpc) is 2.72. The van der Waals surface area contributed by atoms with Gasteiger partial charge < -0.3 is 9.64 Å². The molecule has 0 unspecified atom stereocenters. The SMILES string of the molecule is Cc1ccc(Oc2ccc(N3CCN(Cc4ccccc4)CC3)cc2)cc1. The summed E-state index contributed by atoms with van der Waals surface area (Å²) in [6.07, 6.45) is 0. The minimum atomic E-state index is 0.878. The van der Waals surface area contributed by atoms with Crippen molar-refractivity contribution in [2.45, 2.75) is 13.5 Å². The fraction of sp³-hybridized carbons (Fsp3) is 0.250. The van der Waals surface area contributed by atoms with E-state index in [-0.39, 0.29) is 0 Å². The number of aryl methyl sites for hydroxylation is 1. The number of nitrogens with zero attached hydrogens (tertiary/aromatic N) is 2. The maximum atomic E-state index is 5.93. The molecule has 0 aliphatic carbocycles. The molecule has 1 fully saturated rings. The Hall–Kier alpha value is -2.78. The van der Waals surface area contributed by atoms with E-state index in [2.05, 4.69) is 83.5 Å². The van der Waals surface area contributed by atoms with Gasteiger partial charge in [-0.2, -0.15) is 0 Å². The van der Waals surface area contributed by atoms with Gasteiger partial charge in [0.2, 0.25) is 0 Å². The first kappa shape index (κ1) is 17.6. The van der Waals surface area contributed by atoms with E-state index in [0.29, 0.717) is 0 Å². The molecule has 3 nitrogen and oxygen atoms in total. The van der Waals surface area contributed by atoms with Gasteiger partial charge in [0.1, 0.15) is 11.5 Å². The second kappa shape index (κ2) is 8.28. The van der Waals surface area contributed by atoms with E-state index in [1.807, 2.05) is 12.1 Å². The molecule has 3 heteroatoms. The highest BCUT2D eigenvalue weighted by molar-refractivity contribution is 5.50. The normalized spacial score (nSPS) is 14.9. The number of ether oxygens (including phenoxy) is 1. The van der Waals surface area contributed by atoms with Crippen LogP contribution in [-0.2, 0) is 6.54 Å². The summed E-state index contributed by atoms with van der Waals surface area (Å²) < 4.78 is 5.93. The van der Waals surface area contributed by atoms with Crippen LogP contribution < -0.4 is 9.64 Å². The lowest BCUT2D eigenvalue weighted by atomic mass is 10.2. The smallest absolute Gasteiger partial charge is 0.127 e. The second-order valence-electron chi connectivity index (χ2n) is 7.16. The average molecular weight is 358 g/mol. The molecule has 138 valence electrons. The van der Waals surface area contributed by atoms with Gasteiger partial charge >= 0.3 is 0 Å². The van der Waals surface area contributed by atoms with Crippen molar-refractivity contribution in [2.24, 2.45) is 0 Å². The Kier molecular flexibility index (Phi) is 5.40. The highest BCUT2D eigenvalue weighted by atomic mass is 16.5. The Morgan fingerprint density at radius 2 is 1.30 bits per heavy atom. The zero-order valence-corrected chi connectivity index (χ0v) is 15.8. The van der Waals surface area contributed by atoms with Crippen LogP contribution in [0.15, 0.2) is 78.9 Å². The quantitative estimate of drug-likeness (QED) is 0.630. The van der Waals surface area contributed by atoms with Crippen molar-refractivity contribution in [1.82, 2.24) is 4.90 Å². The summed E-state index contributed by atoms with van der Waals surface area (Å²) in [5.41, 5.74) is 3.90. The van der Waals surface area contributed by atoms with Crippen LogP contribution in [0.2, 0.25) is 0 Å². The van der Waals surface area contributed by atoms with Gasteiger partial charge in [0.25, 0.3) is 0 Å². The fourth-order valence-corrected chi connectivity index (χ4v) is 3.47. The lowest BCUT2D eigenvalue weighted by molar-refractivity contribution is 0.250. The number of piperazine rings is 1. The Labute approximate surface area is 161 Å². The van der Waals surface area contributed by atoms with E-state index < -0.39 is 0 Å². The van der Waals surface area contributed by atoms with Gasteiger partial charge in [-0.05, 0) is 48.9 Å². The zero-order chi connectivity index (χ0) is 18.5. The zero-order valence-electron chi connectivity index (χ0n) is 15.8. The van der Waals surface area contributed by atoms with Crippen molar-refractivity contribution in [3.8, 4) is 11.5 Å². The molecule has 0 aromatic heterocycles. The van der Waals surface area contributed by atoms with Gasteiger partial charge in [-0.15, -0.1) is 0 Å². The van der Waals surface area contributed by atoms with Crippen molar-refractivity contribution in [3.05, 3.63) is 90.0 Å². The molecule has 0 bridgehead atoms. The Bertz CT molecular complexity index is 836. The van der Waals surface area contributed by atoms with E-state index in [1.165, 1.54) is 16.8 Å². The highest BCUT2D eigenvalue weighted by Crippen LogP contribution is 2.25. The topological polar surface area (TPSA) is 15.7 Å². The summed E-state index contributed by atoms with van der Waals surface area (Å²) in [7, 11) is 0. The van der Waals surface area contributed by atoms with Crippen LogP contribution in [0.25, 0.3) is 0 Å². The molecule has 4 rings (SSSR count). The van der Waals surface area contributed by atoms with Crippen LogP contribution in [0, 0.1) is 6.92 Å².